The predicted molar refractivity (Wildman–Crippen MR) is 91.0 cm³/mol. The fourth-order valence-electron chi connectivity index (χ4n) is 2.05. The van der Waals surface area contributed by atoms with Gasteiger partial charge in [0.15, 0.2) is 0 Å². The maximum Gasteiger partial charge on any atom is 2.00 e. The Morgan fingerprint density at radius 3 is 1.73 bits per heavy atom. The van der Waals surface area contributed by atoms with Gasteiger partial charge in [-0.1, -0.05) is 50.6 Å². The largest absolute Gasteiger partial charge is 2.00 e. The van der Waals surface area contributed by atoms with Crippen LogP contribution in [0.4, 0.5) is 0 Å². The molecule has 0 radical (unpaired) electrons. The molecule has 22 heavy (non-hydrogen) atoms. The van der Waals surface area contributed by atoms with Gasteiger partial charge in [-0.2, -0.15) is 5.56 Å². The van der Waals surface area contributed by atoms with E-state index in [9.17, 15) is 0 Å². The smallest absolute Gasteiger partial charge is 1.00 e. The minimum Gasteiger partial charge on any atom is -1.00 e. The Balaban J connectivity index is -0.000000902. The van der Waals surface area contributed by atoms with Crippen LogP contribution in [-0.4, -0.2) is 46.1 Å². The maximum absolute atomic E-state index is 4.11. The monoisotopic (exact) mass is 354 g/mol. The molecule has 0 aliphatic carbocycles. The fraction of sp³-hybridized carbons (Fsp3) is 0.222. The molecule has 0 atom stereocenters. The third kappa shape index (κ3) is 6.42. The summed E-state index contributed by atoms with van der Waals surface area (Å²) in [7, 11) is 0. The van der Waals surface area contributed by atoms with E-state index in [0.717, 1.165) is 11.1 Å². The number of benzene rings is 2. The third-order valence-corrected chi connectivity index (χ3v) is 3.33. The fourth-order valence-corrected chi connectivity index (χ4v) is 2.05. The summed E-state index contributed by atoms with van der Waals surface area (Å²) < 4.78 is 0. The van der Waals surface area contributed by atoms with E-state index >= 15 is 0 Å². The molecule has 0 N–H and O–H groups in total. The van der Waals surface area contributed by atoms with E-state index in [1.54, 1.807) is 0 Å². The van der Waals surface area contributed by atoms with E-state index in [4.69, 9.17) is 0 Å². The molecular formula is C18H20Cl2Mg2. The maximum atomic E-state index is 4.11. The van der Waals surface area contributed by atoms with Gasteiger partial charge in [-0.05, 0) is 11.0 Å². The average molecular weight is 356 g/mol. The van der Waals surface area contributed by atoms with Gasteiger partial charge < -0.3 is 24.8 Å². The van der Waals surface area contributed by atoms with Crippen LogP contribution >= 0.6 is 0 Å². The quantitative estimate of drug-likeness (QED) is 0.421. The second kappa shape index (κ2) is 11.0. The normalized spacial score (nSPS) is 9.41. The summed E-state index contributed by atoms with van der Waals surface area (Å²) in [5, 5.41) is 0. The van der Waals surface area contributed by atoms with Gasteiger partial charge >= 0.3 is 46.1 Å². The first kappa shape index (κ1) is 27.2. The van der Waals surface area contributed by atoms with Gasteiger partial charge in [-0.15, -0.1) is 12.1 Å². The van der Waals surface area contributed by atoms with Crippen molar-refractivity contribution >= 4 is 46.1 Å². The van der Waals surface area contributed by atoms with Crippen LogP contribution in [0.2, 0.25) is 0 Å². The Labute approximate surface area is 180 Å². The topological polar surface area (TPSA) is 0 Å². The molecule has 2 rings (SSSR count). The average Bonchev–Trinajstić information content (AvgIpc) is 2.32. The van der Waals surface area contributed by atoms with Crippen LogP contribution in [0.25, 0.3) is 11.1 Å². The minimum absolute atomic E-state index is 0. The van der Waals surface area contributed by atoms with Gasteiger partial charge in [0.1, 0.15) is 0 Å². The molecular weight excluding hydrogens is 336 g/mol. The van der Waals surface area contributed by atoms with E-state index in [1.807, 2.05) is 12.1 Å². The standard InChI is InChI=1S/C18H20.2ClH.2Mg/c1-13-7-6-8-17(14(13)2)15-9-11-16(12-10-15)18(3,4)5;;;;/h6-12H,1-2H2,3-5H3;2*1H;;/q-2;;;2*+2/p-2. The summed E-state index contributed by atoms with van der Waals surface area (Å²) in [5.74, 6) is 0. The summed E-state index contributed by atoms with van der Waals surface area (Å²) in [4.78, 5) is 0. The molecule has 4 heteroatoms. The molecule has 0 saturated heterocycles. The van der Waals surface area contributed by atoms with Crippen molar-refractivity contribution in [3.05, 3.63) is 73.0 Å². The first-order valence-corrected chi connectivity index (χ1v) is 6.27. The van der Waals surface area contributed by atoms with Crippen LogP contribution in [0.1, 0.15) is 37.5 Å². The van der Waals surface area contributed by atoms with E-state index in [2.05, 4.69) is 65.0 Å². The molecule has 0 aliphatic heterocycles. The van der Waals surface area contributed by atoms with Gasteiger partial charge in [-0.3, -0.25) is 25.0 Å². The molecule has 0 spiro atoms. The van der Waals surface area contributed by atoms with Crippen molar-refractivity contribution in [1.82, 2.24) is 0 Å². The van der Waals surface area contributed by atoms with E-state index in [0.29, 0.717) is 0 Å². The molecule has 110 valence electrons. The molecule has 0 aliphatic rings. The number of halogens is 2. The molecule has 0 unspecified atom stereocenters. The van der Waals surface area contributed by atoms with Crippen LogP contribution in [-0.2, 0) is 5.41 Å². The van der Waals surface area contributed by atoms with Gasteiger partial charge in [0.2, 0.25) is 0 Å². The SMILES string of the molecule is [CH2-]c1cccc(-c2ccc(C(C)(C)C)cc2)c1[CH2-].[Cl-].[Cl-].[Mg+2].[Mg+2]. The van der Waals surface area contributed by atoms with Crippen molar-refractivity contribution in [2.45, 2.75) is 26.2 Å². The number of rotatable bonds is 1. The van der Waals surface area contributed by atoms with E-state index in [1.165, 1.54) is 16.7 Å². The molecule has 0 nitrogen and oxygen atoms in total. The molecule has 0 amide bonds. The molecule has 0 saturated carbocycles. The van der Waals surface area contributed by atoms with Crippen LogP contribution in [0.3, 0.4) is 0 Å². The number of hydrogen-bond donors (Lipinski definition) is 0. The zero-order valence-electron chi connectivity index (χ0n) is 13.6. The van der Waals surface area contributed by atoms with Crippen molar-refractivity contribution in [2.24, 2.45) is 0 Å². The zero-order valence-corrected chi connectivity index (χ0v) is 18.0. The summed E-state index contributed by atoms with van der Waals surface area (Å²) in [5.41, 5.74) is 5.93. The molecule has 0 fully saturated rings. The van der Waals surface area contributed by atoms with Crippen LogP contribution in [0.5, 0.6) is 0 Å². The zero-order chi connectivity index (χ0) is 13.3. The second-order valence-electron chi connectivity index (χ2n) is 5.77. The summed E-state index contributed by atoms with van der Waals surface area (Å²) >= 11 is 0. The van der Waals surface area contributed by atoms with Crippen molar-refractivity contribution < 1.29 is 24.8 Å². The van der Waals surface area contributed by atoms with Crippen molar-refractivity contribution in [3.8, 4) is 11.1 Å². The Morgan fingerprint density at radius 2 is 1.27 bits per heavy atom. The Morgan fingerprint density at radius 1 is 0.773 bits per heavy atom. The first-order valence-electron chi connectivity index (χ1n) is 6.27. The van der Waals surface area contributed by atoms with Crippen molar-refractivity contribution in [3.63, 3.8) is 0 Å². The van der Waals surface area contributed by atoms with Crippen LogP contribution < -0.4 is 24.8 Å². The van der Waals surface area contributed by atoms with Crippen LogP contribution in [0, 0.1) is 13.8 Å². The molecule has 2 aromatic rings. The number of hydrogen-bond acceptors (Lipinski definition) is 0. The molecule has 0 heterocycles. The van der Waals surface area contributed by atoms with Gasteiger partial charge in [-0.25, -0.2) is 6.07 Å². The van der Waals surface area contributed by atoms with E-state index in [-0.39, 0.29) is 76.3 Å². The summed E-state index contributed by atoms with van der Waals surface area (Å²) in [6.45, 7) is 14.8. The van der Waals surface area contributed by atoms with Gasteiger partial charge in [0, 0.05) is 0 Å². The van der Waals surface area contributed by atoms with Crippen molar-refractivity contribution in [1.29, 1.82) is 0 Å². The molecule has 0 bridgehead atoms. The van der Waals surface area contributed by atoms with Gasteiger partial charge in [0.25, 0.3) is 0 Å². The summed E-state index contributed by atoms with van der Waals surface area (Å²) in [6, 6.07) is 14.9. The molecule has 2 aromatic carbocycles. The van der Waals surface area contributed by atoms with Gasteiger partial charge in [0.05, 0.1) is 0 Å². The van der Waals surface area contributed by atoms with Crippen molar-refractivity contribution in [2.75, 3.05) is 0 Å². The van der Waals surface area contributed by atoms with Crippen LogP contribution in [0.15, 0.2) is 42.5 Å². The van der Waals surface area contributed by atoms with E-state index < -0.39 is 0 Å². The predicted octanol–water partition coefficient (Wildman–Crippen LogP) is -1.74. The Kier molecular flexibility index (Phi) is 13.5. The third-order valence-electron chi connectivity index (χ3n) is 3.33. The minimum atomic E-state index is 0. The summed E-state index contributed by atoms with van der Waals surface area (Å²) in [6.07, 6.45) is 0. The Hall–Kier alpha value is 0.292. The Bertz CT molecular complexity index is 558. The first-order chi connectivity index (χ1) is 8.39. The second-order valence-corrected chi connectivity index (χ2v) is 5.77. The molecule has 0 aromatic heterocycles.